The van der Waals surface area contributed by atoms with Gasteiger partial charge in [-0.2, -0.15) is 0 Å². The highest BCUT2D eigenvalue weighted by molar-refractivity contribution is 7.99. The summed E-state index contributed by atoms with van der Waals surface area (Å²) < 4.78 is 11.1. The van der Waals surface area contributed by atoms with Crippen LogP contribution in [0.4, 0.5) is 0 Å². The lowest BCUT2D eigenvalue weighted by molar-refractivity contribution is -0.165. The van der Waals surface area contributed by atoms with Gasteiger partial charge in [0, 0.05) is 4.90 Å². The van der Waals surface area contributed by atoms with Gasteiger partial charge in [-0.1, -0.05) is 55.0 Å². The molecule has 0 radical (unpaired) electrons. The molecule has 2 aromatic carbocycles. The maximum Gasteiger partial charge on any atom is 0.348 e. The molecule has 3 unspecified atom stereocenters. The van der Waals surface area contributed by atoms with Crippen molar-refractivity contribution in [2.45, 2.75) is 68.2 Å². The molecule has 0 aliphatic carbocycles. The van der Waals surface area contributed by atoms with Crippen LogP contribution in [-0.2, 0) is 14.3 Å². The standard InChI is InChI=1S/C26H32O6S2/c27-20(11-8-10-18-34-22-14-5-2-6-15-22)19-24(28)32-23(16-7-9-17-33)25(26(29)30)31-21-12-3-1-4-13-21/h1-6,12-15,17,20,23,25,27H,7-11,16,18-19H2,(H,29,30). The average molecular weight is 505 g/mol. The van der Waals surface area contributed by atoms with Crippen LogP contribution < -0.4 is 4.74 Å². The van der Waals surface area contributed by atoms with Crippen molar-refractivity contribution in [3.05, 3.63) is 60.7 Å². The van der Waals surface area contributed by atoms with E-state index in [0.717, 1.165) is 18.6 Å². The van der Waals surface area contributed by atoms with Crippen LogP contribution in [0.15, 0.2) is 65.6 Å². The first-order valence-electron chi connectivity index (χ1n) is 11.4. The van der Waals surface area contributed by atoms with Crippen molar-refractivity contribution in [2.24, 2.45) is 0 Å². The minimum Gasteiger partial charge on any atom is -0.478 e. The summed E-state index contributed by atoms with van der Waals surface area (Å²) in [5.74, 6) is -0.554. The van der Waals surface area contributed by atoms with Gasteiger partial charge in [-0.15, -0.1) is 11.8 Å². The molecule has 0 saturated carbocycles. The van der Waals surface area contributed by atoms with Gasteiger partial charge in [-0.25, -0.2) is 4.79 Å². The zero-order chi connectivity index (χ0) is 24.6. The molecular weight excluding hydrogens is 472 g/mol. The summed E-state index contributed by atoms with van der Waals surface area (Å²) in [6.45, 7) is 0. The largest absolute Gasteiger partial charge is 0.478 e. The Morgan fingerprint density at radius 1 is 0.971 bits per heavy atom. The molecule has 2 rings (SSSR count). The number of para-hydroxylation sites is 1. The van der Waals surface area contributed by atoms with E-state index in [-0.39, 0.29) is 12.8 Å². The number of carboxylic acids is 1. The number of carboxylic acid groups (broad SMARTS) is 1. The van der Waals surface area contributed by atoms with Gasteiger partial charge in [0.2, 0.25) is 6.10 Å². The maximum atomic E-state index is 12.5. The molecule has 184 valence electrons. The Labute approximate surface area is 210 Å². The summed E-state index contributed by atoms with van der Waals surface area (Å²) in [5.41, 5.74) is 0. The van der Waals surface area contributed by atoms with Crippen molar-refractivity contribution in [2.75, 3.05) is 5.75 Å². The van der Waals surface area contributed by atoms with Gasteiger partial charge in [0.15, 0.2) is 0 Å². The van der Waals surface area contributed by atoms with E-state index in [9.17, 15) is 19.8 Å². The van der Waals surface area contributed by atoms with Crippen LogP contribution in [0, 0.1) is 0 Å². The Bertz CT molecular complexity index is 862. The number of hydrogen-bond donors (Lipinski definition) is 2. The highest BCUT2D eigenvalue weighted by atomic mass is 32.2. The molecule has 3 atom stereocenters. The van der Waals surface area contributed by atoms with Gasteiger partial charge in [-0.05, 0) is 67.5 Å². The number of ether oxygens (including phenoxy) is 2. The van der Waals surface area contributed by atoms with E-state index in [1.165, 1.54) is 4.90 Å². The molecule has 0 aliphatic rings. The number of hydrogen-bond acceptors (Lipinski definition) is 7. The van der Waals surface area contributed by atoms with Crippen molar-refractivity contribution in [3.8, 4) is 5.75 Å². The molecular formula is C26H32O6S2. The van der Waals surface area contributed by atoms with Crippen LogP contribution in [-0.4, -0.2) is 51.6 Å². The third-order valence-corrected chi connectivity index (χ3v) is 6.36. The summed E-state index contributed by atoms with van der Waals surface area (Å²) >= 11 is 6.60. The lowest BCUT2D eigenvalue weighted by Gasteiger charge is -2.25. The van der Waals surface area contributed by atoms with Crippen molar-refractivity contribution in [3.63, 3.8) is 0 Å². The van der Waals surface area contributed by atoms with Crippen molar-refractivity contribution < 1.29 is 29.3 Å². The Morgan fingerprint density at radius 3 is 2.29 bits per heavy atom. The number of thiocarbonyl (C=S) groups is 1. The molecule has 0 fully saturated rings. The summed E-state index contributed by atoms with van der Waals surface area (Å²) in [7, 11) is 0. The number of aliphatic carboxylic acids is 1. The molecule has 2 N–H and O–H groups in total. The third kappa shape index (κ3) is 11.1. The van der Waals surface area contributed by atoms with Gasteiger partial charge in [-0.3, -0.25) is 4.79 Å². The summed E-state index contributed by atoms with van der Waals surface area (Å²) in [4.78, 5) is 25.6. The number of thioether (sulfide) groups is 1. The first kappa shape index (κ1) is 27.8. The third-order valence-electron chi connectivity index (χ3n) is 5.03. The number of aliphatic hydroxyl groups excluding tert-OH is 1. The molecule has 0 heterocycles. The van der Waals surface area contributed by atoms with Gasteiger partial charge >= 0.3 is 11.9 Å². The molecule has 0 amide bonds. The zero-order valence-electron chi connectivity index (χ0n) is 19.1. The number of carbonyl (C=O) groups excluding carboxylic acids is 1. The second kappa shape index (κ2) is 16.2. The topological polar surface area (TPSA) is 93.1 Å². The molecule has 2 aromatic rings. The lowest BCUT2D eigenvalue weighted by atomic mass is 10.1. The molecule has 0 spiro atoms. The number of unbranched alkanes of at least 4 members (excludes halogenated alkanes) is 2. The molecule has 0 aromatic heterocycles. The van der Waals surface area contributed by atoms with Gasteiger partial charge in [0.05, 0.1) is 12.5 Å². The Balaban J connectivity index is 1.82. The van der Waals surface area contributed by atoms with E-state index in [2.05, 4.69) is 12.1 Å². The van der Waals surface area contributed by atoms with E-state index in [1.807, 2.05) is 18.2 Å². The molecule has 0 saturated heterocycles. The predicted octanol–water partition coefficient (Wildman–Crippen LogP) is 5.31. The van der Waals surface area contributed by atoms with Crippen LogP contribution >= 0.6 is 24.0 Å². The van der Waals surface area contributed by atoms with Crippen LogP contribution in [0.1, 0.15) is 44.9 Å². The van der Waals surface area contributed by atoms with E-state index in [0.29, 0.717) is 25.0 Å². The molecule has 0 aliphatic heterocycles. The summed E-state index contributed by atoms with van der Waals surface area (Å²) in [6.07, 6.45) is 0.229. The smallest absolute Gasteiger partial charge is 0.348 e. The lowest BCUT2D eigenvalue weighted by Crippen LogP contribution is -2.42. The number of esters is 1. The second-order valence-electron chi connectivity index (χ2n) is 7.83. The quantitative estimate of drug-likeness (QED) is 0.130. The Kier molecular flexibility index (Phi) is 13.3. The molecule has 0 bridgehead atoms. The first-order valence-corrected chi connectivity index (χ1v) is 12.9. The number of carbonyl (C=O) groups is 2. The van der Waals surface area contributed by atoms with Crippen molar-refractivity contribution >= 4 is 41.3 Å². The van der Waals surface area contributed by atoms with E-state index >= 15 is 0 Å². The first-order chi connectivity index (χ1) is 16.5. The summed E-state index contributed by atoms with van der Waals surface area (Å²) in [5, 5.41) is 21.5. The number of rotatable bonds is 17. The zero-order valence-corrected chi connectivity index (χ0v) is 20.7. The highest BCUT2D eigenvalue weighted by Crippen LogP contribution is 2.21. The Hall–Kier alpha value is -2.42. The maximum absolute atomic E-state index is 12.5. The van der Waals surface area contributed by atoms with Crippen molar-refractivity contribution in [1.82, 2.24) is 0 Å². The Morgan fingerprint density at radius 2 is 1.65 bits per heavy atom. The monoisotopic (exact) mass is 504 g/mol. The van der Waals surface area contributed by atoms with Gasteiger partial charge in [0.25, 0.3) is 0 Å². The fourth-order valence-corrected chi connectivity index (χ4v) is 4.41. The molecule has 6 nitrogen and oxygen atoms in total. The number of aliphatic hydroxyl groups is 1. The van der Waals surface area contributed by atoms with Crippen LogP contribution in [0.5, 0.6) is 5.75 Å². The predicted molar refractivity (Wildman–Crippen MR) is 138 cm³/mol. The van der Waals surface area contributed by atoms with Gasteiger partial charge < -0.3 is 19.7 Å². The van der Waals surface area contributed by atoms with Crippen LogP contribution in [0.25, 0.3) is 0 Å². The summed E-state index contributed by atoms with van der Waals surface area (Å²) in [6, 6.07) is 18.6. The van der Waals surface area contributed by atoms with E-state index in [4.69, 9.17) is 21.7 Å². The number of benzene rings is 2. The fourth-order valence-electron chi connectivity index (χ4n) is 3.31. The highest BCUT2D eigenvalue weighted by Gasteiger charge is 2.33. The average Bonchev–Trinajstić information content (AvgIpc) is 2.83. The van der Waals surface area contributed by atoms with Crippen LogP contribution in [0.2, 0.25) is 0 Å². The normalized spacial score (nSPS) is 13.4. The van der Waals surface area contributed by atoms with E-state index < -0.39 is 30.3 Å². The minimum absolute atomic E-state index is 0.187. The van der Waals surface area contributed by atoms with Gasteiger partial charge in [0.1, 0.15) is 11.9 Å². The SMILES string of the molecule is O=C(CC(O)CCCCSc1ccccc1)OC(CCCC=S)C(Oc1ccccc1)C(=O)O. The minimum atomic E-state index is -1.36. The fraction of sp³-hybridized carbons (Fsp3) is 0.423. The second-order valence-corrected chi connectivity index (χ2v) is 9.33. The van der Waals surface area contributed by atoms with Crippen LogP contribution in [0.3, 0.4) is 0 Å². The van der Waals surface area contributed by atoms with E-state index in [1.54, 1.807) is 47.5 Å². The van der Waals surface area contributed by atoms with Crippen molar-refractivity contribution in [1.29, 1.82) is 0 Å². The molecule has 8 heteroatoms. The molecule has 34 heavy (non-hydrogen) atoms.